The molecule has 1 aromatic heterocycles. The van der Waals surface area contributed by atoms with Gasteiger partial charge in [-0.3, -0.25) is 9.59 Å². The molecule has 7 heteroatoms. The predicted octanol–water partition coefficient (Wildman–Crippen LogP) is 5.02. The summed E-state index contributed by atoms with van der Waals surface area (Å²) in [4.78, 5) is 24.3. The molecule has 0 aliphatic heterocycles. The molecule has 0 unspecified atom stereocenters. The van der Waals surface area contributed by atoms with Gasteiger partial charge in [0.05, 0.1) is 12.7 Å². The molecule has 0 aliphatic rings. The first-order chi connectivity index (χ1) is 12.5. The third kappa shape index (κ3) is 4.45. The number of rotatable bonds is 5. The minimum Gasteiger partial charge on any atom is -0.459 e. The molecule has 2 amide bonds. The number of carbonyl (C=O) groups excluding carboxylic acids is 2. The summed E-state index contributed by atoms with van der Waals surface area (Å²) in [6.45, 7) is 0. The predicted molar refractivity (Wildman–Crippen MR) is 102 cm³/mol. The lowest BCUT2D eigenvalue weighted by atomic mass is 10.1. The molecule has 3 aromatic rings. The lowest BCUT2D eigenvalue weighted by Crippen LogP contribution is -2.15. The van der Waals surface area contributed by atoms with Crippen molar-refractivity contribution in [3.05, 3.63) is 82.2 Å². The fourth-order valence-electron chi connectivity index (χ4n) is 2.34. The first kappa shape index (κ1) is 18.0. The van der Waals surface area contributed by atoms with Crippen LogP contribution in [0.2, 0.25) is 10.0 Å². The Labute approximate surface area is 159 Å². The molecule has 2 aromatic carbocycles. The van der Waals surface area contributed by atoms with Crippen molar-refractivity contribution in [2.45, 2.75) is 6.42 Å². The van der Waals surface area contributed by atoms with Gasteiger partial charge < -0.3 is 15.1 Å². The molecule has 1 heterocycles. The van der Waals surface area contributed by atoms with Crippen LogP contribution in [0.1, 0.15) is 16.1 Å². The monoisotopic (exact) mass is 388 g/mol. The van der Waals surface area contributed by atoms with E-state index < -0.39 is 0 Å². The van der Waals surface area contributed by atoms with Crippen LogP contribution in [0, 0.1) is 0 Å². The van der Waals surface area contributed by atoms with Gasteiger partial charge in [-0.05, 0) is 48.0 Å². The highest BCUT2D eigenvalue weighted by Crippen LogP contribution is 2.25. The SMILES string of the molecule is O=C(Cc1c(Cl)cccc1Cl)Nc1cccc(NC(=O)c2ccco2)c1. The van der Waals surface area contributed by atoms with E-state index in [1.54, 1.807) is 54.6 Å². The normalized spacial score (nSPS) is 10.4. The number of furan rings is 1. The number of anilines is 2. The van der Waals surface area contributed by atoms with E-state index in [9.17, 15) is 9.59 Å². The molecule has 0 spiro atoms. The summed E-state index contributed by atoms with van der Waals surface area (Å²) in [6, 6.07) is 15.1. The van der Waals surface area contributed by atoms with Gasteiger partial charge in [-0.15, -0.1) is 0 Å². The van der Waals surface area contributed by atoms with Crippen LogP contribution in [0.25, 0.3) is 0 Å². The average Bonchev–Trinajstić information content (AvgIpc) is 3.13. The van der Waals surface area contributed by atoms with E-state index in [4.69, 9.17) is 27.6 Å². The molecular formula is C19H14Cl2N2O3. The van der Waals surface area contributed by atoms with Gasteiger partial charge in [-0.25, -0.2) is 0 Å². The van der Waals surface area contributed by atoms with Crippen molar-refractivity contribution in [3.63, 3.8) is 0 Å². The van der Waals surface area contributed by atoms with E-state index in [0.717, 1.165) is 0 Å². The number of amides is 2. The van der Waals surface area contributed by atoms with Crippen LogP contribution < -0.4 is 10.6 Å². The van der Waals surface area contributed by atoms with Crippen LogP contribution in [0.5, 0.6) is 0 Å². The standard InChI is InChI=1S/C19H14Cl2N2O3/c20-15-6-2-7-16(21)14(15)11-18(24)22-12-4-1-5-13(10-12)23-19(25)17-8-3-9-26-17/h1-10H,11H2,(H,22,24)(H,23,25). The number of benzene rings is 2. The Balaban J connectivity index is 1.66. The second-order valence-electron chi connectivity index (χ2n) is 5.44. The first-order valence-corrected chi connectivity index (χ1v) is 8.46. The maximum absolute atomic E-state index is 12.3. The maximum atomic E-state index is 12.3. The Morgan fingerprint density at radius 3 is 2.19 bits per heavy atom. The Hall–Kier alpha value is -2.76. The van der Waals surface area contributed by atoms with Crippen LogP contribution in [-0.2, 0) is 11.2 Å². The molecular weight excluding hydrogens is 375 g/mol. The molecule has 0 bridgehead atoms. The summed E-state index contributed by atoms with van der Waals surface area (Å²) in [6.07, 6.45) is 1.47. The Morgan fingerprint density at radius 1 is 0.885 bits per heavy atom. The smallest absolute Gasteiger partial charge is 0.291 e. The van der Waals surface area contributed by atoms with Crippen molar-refractivity contribution in [3.8, 4) is 0 Å². The van der Waals surface area contributed by atoms with E-state index in [2.05, 4.69) is 10.6 Å². The zero-order chi connectivity index (χ0) is 18.5. The molecule has 0 aliphatic carbocycles. The van der Waals surface area contributed by atoms with Crippen molar-refractivity contribution in [2.24, 2.45) is 0 Å². The van der Waals surface area contributed by atoms with Gasteiger partial charge in [0.1, 0.15) is 0 Å². The molecule has 0 saturated heterocycles. The average molecular weight is 389 g/mol. The van der Waals surface area contributed by atoms with Gasteiger partial charge in [-0.2, -0.15) is 0 Å². The first-order valence-electron chi connectivity index (χ1n) is 7.70. The van der Waals surface area contributed by atoms with Crippen LogP contribution >= 0.6 is 23.2 Å². The van der Waals surface area contributed by atoms with Gasteiger partial charge in [0.15, 0.2) is 5.76 Å². The van der Waals surface area contributed by atoms with E-state index >= 15 is 0 Å². The molecule has 0 atom stereocenters. The van der Waals surface area contributed by atoms with Crippen molar-refractivity contribution < 1.29 is 14.0 Å². The van der Waals surface area contributed by atoms with Crippen molar-refractivity contribution in [2.75, 3.05) is 10.6 Å². The molecule has 26 heavy (non-hydrogen) atoms. The number of carbonyl (C=O) groups is 2. The lowest BCUT2D eigenvalue weighted by molar-refractivity contribution is -0.115. The van der Waals surface area contributed by atoms with E-state index in [1.807, 2.05) is 0 Å². The van der Waals surface area contributed by atoms with Crippen molar-refractivity contribution in [1.82, 2.24) is 0 Å². The number of nitrogens with one attached hydrogen (secondary N) is 2. The highest BCUT2D eigenvalue weighted by molar-refractivity contribution is 6.36. The molecule has 2 N–H and O–H groups in total. The van der Waals surface area contributed by atoms with Crippen LogP contribution in [0.4, 0.5) is 11.4 Å². The molecule has 0 saturated carbocycles. The van der Waals surface area contributed by atoms with Gasteiger partial charge in [0.25, 0.3) is 5.91 Å². The topological polar surface area (TPSA) is 71.3 Å². The summed E-state index contributed by atoms with van der Waals surface area (Å²) in [5.41, 5.74) is 1.63. The fourth-order valence-corrected chi connectivity index (χ4v) is 2.87. The summed E-state index contributed by atoms with van der Waals surface area (Å²) >= 11 is 12.2. The minimum absolute atomic E-state index is 0.0431. The zero-order valence-electron chi connectivity index (χ0n) is 13.5. The van der Waals surface area contributed by atoms with E-state index in [1.165, 1.54) is 6.26 Å². The largest absolute Gasteiger partial charge is 0.459 e. The van der Waals surface area contributed by atoms with Crippen LogP contribution in [-0.4, -0.2) is 11.8 Å². The van der Waals surface area contributed by atoms with Crippen molar-refractivity contribution in [1.29, 1.82) is 0 Å². The third-order valence-electron chi connectivity index (χ3n) is 3.55. The van der Waals surface area contributed by atoms with Gasteiger partial charge in [0, 0.05) is 21.4 Å². The summed E-state index contributed by atoms with van der Waals surface area (Å²) in [5.74, 6) is -0.441. The van der Waals surface area contributed by atoms with Crippen LogP contribution in [0.3, 0.4) is 0 Å². The zero-order valence-corrected chi connectivity index (χ0v) is 15.0. The molecule has 0 radical (unpaired) electrons. The maximum Gasteiger partial charge on any atom is 0.291 e. The lowest BCUT2D eigenvalue weighted by Gasteiger charge is -2.10. The number of halogens is 2. The Morgan fingerprint density at radius 2 is 1.54 bits per heavy atom. The van der Waals surface area contributed by atoms with Gasteiger partial charge >= 0.3 is 0 Å². The Kier molecular flexibility index (Phi) is 5.61. The molecule has 0 fully saturated rings. The third-order valence-corrected chi connectivity index (χ3v) is 4.26. The molecule has 5 nitrogen and oxygen atoms in total. The summed E-state index contributed by atoms with van der Waals surface area (Å²) < 4.78 is 5.04. The number of hydrogen-bond donors (Lipinski definition) is 2. The Bertz CT molecular complexity index is 919. The molecule has 132 valence electrons. The van der Waals surface area contributed by atoms with Crippen LogP contribution in [0.15, 0.2) is 65.3 Å². The summed E-state index contributed by atoms with van der Waals surface area (Å²) in [5, 5.41) is 6.34. The van der Waals surface area contributed by atoms with E-state index in [-0.39, 0.29) is 24.0 Å². The highest BCUT2D eigenvalue weighted by atomic mass is 35.5. The quantitative estimate of drug-likeness (QED) is 0.644. The van der Waals surface area contributed by atoms with Crippen molar-refractivity contribution >= 4 is 46.4 Å². The second kappa shape index (κ2) is 8.08. The minimum atomic E-state index is -0.374. The second-order valence-corrected chi connectivity index (χ2v) is 6.25. The highest BCUT2D eigenvalue weighted by Gasteiger charge is 2.12. The number of hydrogen-bond acceptors (Lipinski definition) is 3. The van der Waals surface area contributed by atoms with E-state index in [0.29, 0.717) is 27.0 Å². The van der Waals surface area contributed by atoms with Gasteiger partial charge in [-0.1, -0.05) is 35.3 Å². The summed E-state index contributed by atoms with van der Waals surface area (Å²) in [7, 11) is 0. The van der Waals surface area contributed by atoms with Gasteiger partial charge in [0.2, 0.25) is 5.91 Å². The fraction of sp³-hybridized carbons (Fsp3) is 0.0526. The molecule has 3 rings (SSSR count).